The number of aryl methyl sites for hydroxylation is 1. The summed E-state index contributed by atoms with van der Waals surface area (Å²) in [6.45, 7) is 0. The number of carboxylic acid groups (broad SMARTS) is 1. The van der Waals surface area contributed by atoms with Crippen LogP contribution >= 0.6 is 0 Å². The highest BCUT2D eigenvalue weighted by Crippen LogP contribution is 2.22. The predicted molar refractivity (Wildman–Crippen MR) is 57.8 cm³/mol. The maximum atomic E-state index is 10.7. The summed E-state index contributed by atoms with van der Waals surface area (Å²) in [6.07, 6.45) is 5.09. The van der Waals surface area contributed by atoms with Gasteiger partial charge in [-0.15, -0.1) is 0 Å². The molecular weight excluding hydrogens is 206 g/mol. The Balaban J connectivity index is 2.44. The van der Waals surface area contributed by atoms with E-state index < -0.39 is 5.97 Å². The Morgan fingerprint density at radius 2 is 2.12 bits per heavy atom. The summed E-state index contributed by atoms with van der Waals surface area (Å²) >= 11 is 0. The molecule has 0 spiro atoms. The molecule has 2 rings (SSSR count). The van der Waals surface area contributed by atoms with Crippen molar-refractivity contribution in [1.29, 1.82) is 0 Å². The number of carboxylic acids is 1. The van der Waals surface area contributed by atoms with Crippen molar-refractivity contribution in [2.75, 3.05) is 0 Å². The molecule has 0 bridgehead atoms. The van der Waals surface area contributed by atoms with Gasteiger partial charge in [0.2, 0.25) is 0 Å². The van der Waals surface area contributed by atoms with Crippen molar-refractivity contribution in [2.45, 2.75) is 6.42 Å². The van der Waals surface area contributed by atoms with Gasteiger partial charge in [0, 0.05) is 31.2 Å². The van der Waals surface area contributed by atoms with Crippen molar-refractivity contribution in [3.05, 3.63) is 36.4 Å². The Morgan fingerprint density at radius 3 is 2.75 bits per heavy atom. The summed E-state index contributed by atoms with van der Waals surface area (Å²) in [6, 6.07) is 3.67. The topological polar surface area (TPSA) is 68.0 Å². The lowest BCUT2D eigenvalue weighted by atomic mass is 10.1. The van der Waals surface area contributed by atoms with Crippen molar-refractivity contribution in [3.63, 3.8) is 0 Å². The molecule has 1 N–H and O–H groups in total. The minimum Gasteiger partial charge on any atom is -0.481 e. The fourth-order valence-electron chi connectivity index (χ4n) is 1.58. The number of rotatable bonds is 3. The van der Waals surface area contributed by atoms with Gasteiger partial charge in [-0.3, -0.25) is 14.5 Å². The van der Waals surface area contributed by atoms with E-state index in [0.29, 0.717) is 5.69 Å². The van der Waals surface area contributed by atoms with E-state index in [0.717, 1.165) is 11.1 Å². The number of nitrogens with zero attached hydrogens (tertiary/aromatic N) is 3. The van der Waals surface area contributed by atoms with E-state index in [1.165, 1.54) is 0 Å². The molecule has 2 aromatic rings. The first-order valence-corrected chi connectivity index (χ1v) is 4.81. The zero-order valence-corrected chi connectivity index (χ0v) is 8.79. The van der Waals surface area contributed by atoms with Crippen LogP contribution in [0.15, 0.2) is 30.7 Å². The van der Waals surface area contributed by atoms with E-state index >= 15 is 0 Å². The van der Waals surface area contributed by atoms with Gasteiger partial charge in [-0.2, -0.15) is 5.10 Å². The normalized spacial score (nSPS) is 10.3. The Labute approximate surface area is 92.4 Å². The second kappa shape index (κ2) is 4.14. The van der Waals surface area contributed by atoms with Crippen LogP contribution in [0.4, 0.5) is 0 Å². The highest BCUT2D eigenvalue weighted by Gasteiger charge is 2.12. The van der Waals surface area contributed by atoms with E-state index in [9.17, 15) is 4.79 Å². The second-order valence-corrected chi connectivity index (χ2v) is 3.47. The van der Waals surface area contributed by atoms with Gasteiger partial charge in [0.15, 0.2) is 0 Å². The molecule has 0 atom stereocenters. The Kier molecular flexibility index (Phi) is 2.68. The van der Waals surface area contributed by atoms with Crippen LogP contribution in [0.3, 0.4) is 0 Å². The standard InChI is InChI=1S/C11H11N3O2/c1-14-7-9(8-2-4-12-5-3-8)10(13-14)6-11(15)16/h2-5,7H,6H2,1H3,(H,15,16). The number of hydrogen-bond acceptors (Lipinski definition) is 3. The number of aliphatic carboxylic acids is 1. The van der Waals surface area contributed by atoms with E-state index in [1.807, 2.05) is 18.3 Å². The maximum Gasteiger partial charge on any atom is 0.309 e. The molecule has 82 valence electrons. The molecule has 2 heterocycles. The van der Waals surface area contributed by atoms with Gasteiger partial charge in [0.25, 0.3) is 0 Å². The van der Waals surface area contributed by atoms with Gasteiger partial charge in [0.05, 0.1) is 12.1 Å². The van der Waals surface area contributed by atoms with Crippen LogP contribution in [-0.2, 0) is 18.3 Å². The first-order chi connectivity index (χ1) is 7.66. The summed E-state index contributed by atoms with van der Waals surface area (Å²) in [7, 11) is 1.77. The molecule has 0 aliphatic heterocycles. The number of pyridine rings is 1. The lowest BCUT2D eigenvalue weighted by molar-refractivity contribution is -0.136. The molecule has 5 nitrogen and oxygen atoms in total. The molecule has 0 aromatic carbocycles. The van der Waals surface area contributed by atoms with E-state index in [-0.39, 0.29) is 6.42 Å². The molecule has 0 saturated heterocycles. The first-order valence-electron chi connectivity index (χ1n) is 4.81. The largest absolute Gasteiger partial charge is 0.481 e. The summed E-state index contributed by atoms with van der Waals surface area (Å²) in [5.41, 5.74) is 2.34. The van der Waals surface area contributed by atoms with Crippen LogP contribution < -0.4 is 0 Å². The minimum atomic E-state index is -0.881. The quantitative estimate of drug-likeness (QED) is 0.836. The van der Waals surface area contributed by atoms with Crippen molar-refractivity contribution in [2.24, 2.45) is 7.05 Å². The summed E-state index contributed by atoms with van der Waals surface area (Å²) in [4.78, 5) is 14.6. The van der Waals surface area contributed by atoms with Crippen LogP contribution in [-0.4, -0.2) is 25.8 Å². The third-order valence-corrected chi connectivity index (χ3v) is 2.22. The average molecular weight is 217 g/mol. The summed E-state index contributed by atoms with van der Waals surface area (Å²) < 4.78 is 1.62. The van der Waals surface area contributed by atoms with Crippen LogP contribution in [0.25, 0.3) is 11.1 Å². The Hall–Kier alpha value is -2.17. The van der Waals surface area contributed by atoms with Crippen LogP contribution in [0, 0.1) is 0 Å². The zero-order chi connectivity index (χ0) is 11.5. The van der Waals surface area contributed by atoms with Crippen LogP contribution in [0.2, 0.25) is 0 Å². The Bertz CT molecular complexity index is 505. The SMILES string of the molecule is Cn1cc(-c2ccncc2)c(CC(=O)O)n1. The highest BCUT2D eigenvalue weighted by molar-refractivity contribution is 5.75. The lowest BCUT2D eigenvalue weighted by Crippen LogP contribution is -2.02. The molecule has 0 aliphatic carbocycles. The maximum absolute atomic E-state index is 10.7. The number of carbonyl (C=O) groups is 1. The number of aromatic nitrogens is 3. The molecular formula is C11H11N3O2. The molecule has 0 amide bonds. The van der Waals surface area contributed by atoms with Gasteiger partial charge >= 0.3 is 5.97 Å². The fourth-order valence-corrected chi connectivity index (χ4v) is 1.58. The van der Waals surface area contributed by atoms with Crippen molar-refractivity contribution < 1.29 is 9.90 Å². The zero-order valence-electron chi connectivity index (χ0n) is 8.79. The van der Waals surface area contributed by atoms with Crippen LogP contribution in [0.5, 0.6) is 0 Å². The molecule has 0 unspecified atom stereocenters. The molecule has 0 fully saturated rings. The molecule has 0 aliphatic rings. The molecule has 0 radical (unpaired) electrons. The van der Waals surface area contributed by atoms with Crippen molar-refractivity contribution in [3.8, 4) is 11.1 Å². The molecule has 16 heavy (non-hydrogen) atoms. The smallest absolute Gasteiger partial charge is 0.309 e. The predicted octanol–water partition coefficient (Wildman–Crippen LogP) is 1.11. The van der Waals surface area contributed by atoms with E-state index in [1.54, 1.807) is 24.1 Å². The lowest BCUT2D eigenvalue weighted by Gasteiger charge is -1.98. The molecule has 0 saturated carbocycles. The van der Waals surface area contributed by atoms with Crippen molar-refractivity contribution >= 4 is 5.97 Å². The Morgan fingerprint density at radius 1 is 1.44 bits per heavy atom. The highest BCUT2D eigenvalue weighted by atomic mass is 16.4. The molecule has 5 heteroatoms. The third kappa shape index (κ3) is 2.08. The van der Waals surface area contributed by atoms with Gasteiger partial charge in [-0.25, -0.2) is 0 Å². The van der Waals surface area contributed by atoms with Crippen LogP contribution in [0.1, 0.15) is 5.69 Å². The van der Waals surface area contributed by atoms with Gasteiger partial charge < -0.3 is 5.11 Å². The first kappa shape index (κ1) is 10.4. The third-order valence-electron chi connectivity index (χ3n) is 2.22. The molecule has 2 aromatic heterocycles. The average Bonchev–Trinajstić information content (AvgIpc) is 2.60. The van der Waals surface area contributed by atoms with Gasteiger partial charge in [-0.1, -0.05) is 0 Å². The van der Waals surface area contributed by atoms with Gasteiger partial charge in [0.1, 0.15) is 0 Å². The monoisotopic (exact) mass is 217 g/mol. The minimum absolute atomic E-state index is 0.0709. The van der Waals surface area contributed by atoms with E-state index in [4.69, 9.17) is 5.11 Å². The van der Waals surface area contributed by atoms with Gasteiger partial charge in [-0.05, 0) is 17.7 Å². The fraction of sp³-hybridized carbons (Fsp3) is 0.182. The van der Waals surface area contributed by atoms with Crippen molar-refractivity contribution in [1.82, 2.24) is 14.8 Å². The number of hydrogen-bond donors (Lipinski definition) is 1. The van der Waals surface area contributed by atoms with E-state index in [2.05, 4.69) is 10.1 Å². The summed E-state index contributed by atoms with van der Waals surface area (Å²) in [5, 5.41) is 12.9. The second-order valence-electron chi connectivity index (χ2n) is 3.47. The summed E-state index contributed by atoms with van der Waals surface area (Å²) in [5.74, 6) is -0.881.